The number of carbonyl (C=O) groups excluding carboxylic acids is 1. The van der Waals surface area contributed by atoms with Gasteiger partial charge in [-0.25, -0.2) is 8.78 Å². The van der Waals surface area contributed by atoms with Crippen molar-refractivity contribution in [2.45, 2.75) is 19.2 Å². The van der Waals surface area contributed by atoms with Crippen LogP contribution in [0.1, 0.15) is 27.4 Å². The standard InChI is InChI=1S/C23H23B2ClF2N4O3/c1-12-10-29-16(18(33)5-6-31(3)4)9-17(12)32-13(2)7-19(20(26)22(32)34)35-23(24,25)21-15(28)8-14(27)11-30-21/h5-11H,24-25H2,1-4H3/b6-5+. The van der Waals surface area contributed by atoms with Crippen LogP contribution in [0.3, 0.4) is 0 Å². The average Bonchev–Trinajstić information content (AvgIpc) is 2.76. The lowest BCUT2D eigenvalue weighted by atomic mass is 9.62. The maximum Gasteiger partial charge on any atom is 0.277 e. The third kappa shape index (κ3) is 5.62. The van der Waals surface area contributed by atoms with Crippen molar-refractivity contribution in [2.24, 2.45) is 0 Å². The molecular weight excluding hydrogens is 475 g/mol. The van der Waals surface area contributed by atoms with Crippen LogP contribution in [0.25, 0.3) is 5.69 Å². The highest BCUT2D eigenvalue weighted by Crippen LogP contribution is 2.30. The molecule has 0 spiro atoms. The fraction of sp³-hybridized carbons (Fsp3) is 0.217. The van der Waals surface area contributed by atoms with Gasteiger partial charge in [0.2, 0.25) is 5.78 Å². The fourth-order valence-electron chi connectivity index (χ4n) is 3.43. The molecule has 12 heteroatoms. The molecule has 0 aliphatic rings. The zero-order valence-electron chi connectivity index (χ0n) is 20.2. The number of carbonyl (C=O) groups is 1. The number of ether oxygens (including phenoxy) is 1. The van der Waals surface area contributed by atoms with E-state index in [1.165, 1.54) is 44.7 Å². The van der Waals surface area contributed by atoms with E-state index < -0.39 is 22.6 Å². The zero-order valence-corrected chi connectivity index (χ0v) is 20.9. The van der Waals surface area contributed by atoms with E-state index in [4.69, 9.17) is 16.3 Å². The highest BCUT2D eigenvalue weighted by molar-refractivity contribution is 6.39. The molecule has 3 aromatic rings. The maximum absolute atomic E-state index is 14.3. The third-order valence-corrected chi connectivity index (χ3v) is 5.48. The summed E-state index contributed by atoms with van der Waals surface area (Å²) < 4.78 is 34.8. The number of aromatic nitrogens is 3. The lowest BCUT2D eigenvalue weighted by molar-refractivity contribution is 0.104. The quantitative estimate of drug-likeness (QED) is 0.281. The van der Waals surface area contributed by atoms with E-state index in [-0.39, 0.29) is 27.9 Å². The summed E-state index contributed by atoms with van der Waals surface area (Å²) >= 11 is 6.39. The van der Waals surface area contributed by atoms with Crippen molar-refractivity contribution in [3.8, 4) is 11.4 Å². The number of hydrogen-bond donors (Lipinski definition) is 0. The number of aryl methyl sites for hydroxylation is 2. The second-order valence-electron chi connectivity index (χ2n) is 8.70. The second-order valence-corrected chi connectivity index (χ2v) is 9.08. The Kier molecular flexibility index (Phi) is 7.50. The van der Waals surface area contributed by atoms with Crippen molar-refractivity contribution in [1.29, 1.82) is 0 Å². The molecule has 0 aliphatic heterocycles. The van der Waals surface area contributed by atoms with Crippen molar-refractivity contribution in [1.82, 2.24) is 19.4 Å². The molecule has 180 valence electrons. The van der Waals surface area contributed by atoms with E-state index in [1.54, 1.807) is 39.0 Å². The minimum Gasteiger partial charge on any atom is -0.498 e. The highest BCUT2D eigenvalue weighted by atomic mass is 35.5. The summed E-state index contributed by atoms with van der Waals surface area (Å²) in [5, 5.41) is -1.61. The van der Waals surface area contributed by atoms with Crippen LogP contribution in [-0.4, -0.2) is 55.0 Å². The SMILES string of the molecule is BC(B)(Oc1cc(C)n(-c2cc(C(=O)/C=C/N(C)C)ncc2C)c(=O)c1Cl)c1ncc(F)cc1F. The smallest absolute Gasteiger partial charge is 0.277 e. The molecule has 3 aromatic heterocycles. The van der Waals surface area contributed by atoms with Crippen LogP contribution in [-0.2, 0) is 5.40 Å². The first-order valence-corrected chi connectivity index (χ1v) is 11.0. The van der Waals surface area contributed by atoms with E-state index in [0.29, 0.717) is 23.0 Å². The molecule has 0 saturated carbocycles. The molecule has 35 heavy (non-hydrogen) atoms. The first kappa shape index (κ1) is 26.1. The molecule has 0 aliphatic carbocycles. The van der Waals surface area contributed by atoms with E-state index in [1.807, 2.05) is 0 Å². The molecule has 7 nitrogen and oxygen atoms in total. The summed E-state index contributed by atoms with van der Waals surface area (Å²) in [6.07, 6.45) is 5.37. The summed E-state index contributed by atoms with van der Waals surface area (Å²) in [4.78, 5) is 35.5. The van der Waals surface area contributed by atoms with Gasteiger partial charge in [0, 0.05) is 50.4 Å². The molecule has 0 radical (unpaired) electrons. The van der Waals surface area contributed by atoms with Crippen LogP contribution in [0.4, 0.5) is 8.78 Å². The topological polar surface area (TPSA) is 77.3 Å². The largest absolute Gasteiger partial charge is 0.498 e. The Balaban J connectivity index is 2.05. The number of ketones is 1. The predicted octanol–water partition coefficient (Wildman–Crippen LogP) is 1.89. The Morgan fingerprint density at radius 3 is 2.49 bits per heavy atom. The van der Waals surface area contributed by atoms with Gasteiger partial charge in [-0.05, 0) is 25.5 Å². The molecule has 0 fully saturated rings. The first-order valence-electron chi connectivity index (χ1n) is 10.6. The molecule has 0 amide bonds. The molecule has 3 rings (SSSR count). The van der Waals surface area contributed by atoms with Crippen molar-refractivity contribution < 1.29 is 18.3 Å². The predicted molar refractivity (Wildman–Crippen MR) is 135 cm³/mol. The number of nitrogens with zero attached hydrogens (tertiary/aromatic N) is 4. The van der Waals surface area contributed by atoms with Crippen LogP contribution in [0.15, 0.2) is 47.7 Å². The Morgan fingerprint density at radius 2 is 1.86 bits per heavy atom. The van der Waals surface area contributed by atoms with Crippen molar-refractivity contribution in [3.05, 3.63) is 92.5 Å². The molecule has 0 aromatic carbocycles. The lowest BCUT2D eigenvalue weighted by Gasteiger charge is -2.28. The normalized spacial score (nSPS) is 11.6. The van der Waals surface area contributed by atoms with Gasteiger partial charge in [0.05, 0.1) is 17.3 Å². The van der Waals surface area contributed by atoms with Crippen LogP contribution in [0.2, 0.25) is 5.02 Å². The second kappa shape index (κ2) is 10.0. The monoisotopic (exact) mass is 498 g/mol. The number of allylic oxidation sites excluding steroid dienone is 1. The summed E-state index contributed by atoms with van der Waals surface area (Å²) in [7, 11) is 6.63. The van der Waals surface area contributed by atoms with Gasteiger partial charge >= 0.3 is 0 Å². The summed E-state index contributed by atoms with van der Waals surface area (Å²) in [5.74, 6) is -2.02. The van der Waals surface area contributed by atoms with Gasteiger partial charge in [-0.15, -0.1) is 0 Å². The van der Waals surface area contributed by atoms with Crippen LogP contribution in [0.5, 0.6) is 5.75 Å². The number of rotatable bonds is 7. The van der Waals surface area contributed by atoms with E-state index >= 15 is 0 Å². The van der Waals surface area contributed by atoms with Gasteiger partial charge in [0.15, 0.2) is 15.7 Å². The molecule has 0 atom stereocenters. The summed E-state index contributed by atoms with van der Waals surface area (Å²) in [6, 6.07) is 3.75. The molecule has 0 unspecified atom stereocenters. The Labute approximate surface area is 208 Å². The maximum atomic E-state index is 14.3. The summed E-state index contributed by atoms with van der Waals surface area (Å²) in [5.41, 5.74) is 0.950. The van der Waals surface area contributed by atoms with E-state index in [2.05, 4.69) is 9.97 Å². The molecule has 0 N–H and O–H groups in total. The molecule has 0 bridgehead atoms. The van der Waals surface area contributed by atoms with Gasteiger partial charge in [-0.1, -0.05) is 11.6 Å². The van der Waals surface area contributed by atoms with E-state index in [0.717, 1.165) is 6.20 Å². The lowest BCUT2D eigenvalue weighted by Crippen LogP contribution is -2.37. The van der Waals surface area contributed by atoms with Crippen molar-refractivity contribution >= 4 is 33.1 Å². The van der Waals surface area contributed by atoms with Crippen LogP contribution in [0, 0.1) is 25.5 Å². The van der Waals surface area contributed by atoms with Crippen LogP contribution < -0.4 is 10.3 Å². The molecule has 0 saturated heterocycles. The van der Waals surface area contributed by atoms with Gasteiger partial charge in [0.1, 0.15) is 33.8 Å². The fourth-order valence-corrected chi connectivity index (χ4v) is 3.60. The van der Waals surface area contributed by atoms with Gasteiger partial charge in [-0.2, -0.15) is 0 Å². The van der Waals surface area contributed by atoms with Crippen molar-refractivity contribution in [3.63, 3.8) is 0 Å². The van der Waals surface area contributed by atoms with Gasteiger partial charge < -0.3 is 9.64 Å². The van der Waals surface area contributed by atoms with E-state index in [9.17, 15) is 18.4 Å². The minimum absolute atomic E-state index is 0.0119. The number of hydrogen-bond acceptors (Lipinski definition) is 6. The number of halogens is 3. The Morgan fingerprint density at radius 1 is 1.17 bits per heavy atom. The molecular formula is C23H23B2ClF2N4O3. The van der Waals surface area contributed by atoms with Crippen molar-refractivity contribution in [2.75, 3.05) is 14.1 Å². The van der Waals surface area contributed by atoms with Gasteiger partial charge in [-0.3, -0.25) is 24.1 Å². The Bertz CT molecular complexity index is 1390. The molecule has 3 heterocycles. The minimum atomic E-state index is -1.36. The zero-order chi connectivity index (χ0) is 26.1. The Hall–Kier alpha value is -3.46. The summed E-state index contributed by atoms with van der Waals surface area (Å²) in [6.45, 7) is 3.42. The average molecular weight is 499 g/mol. The first-order chi connectivity index (χ1) is 16.3. The number of pyridine rings is 3. The highest BCUT2D eigenvalue weighted by Gasteiger charge is 2.30. The third-order valence-electron chi connectivity index (χ3n) is 5.14. The van der Waals surface area contributed by atoms with Gasteiger partial charge in [0.25, 0.3) is 5.56 Å². The van der Waals surface area contributed by atoms with Crippen LogP contribution >= 0.6 is 11.6 Å².